The van der Waals surface area contributed by atoms with Crippen molar-refractivity contribution in [2.45, 2.75) is 13.8 Å². The van der Waals surface area contributed by atoms with E-state index in [9.17, 15) is 4.79 Å². The van der Waals surface area contributed by atoms with Crippen molar-refractivity contribution in [1.82, 2.24) is 4.90 Å². The van der Waals surface area contributed by atoms with E-state index >= 15 is 0 Å². The maximum atomic E-state index is 10.4. The van der Waals surface area contributed by atoms with Crippen LogP contribution in [0.15, 0.2) is 0 Å². The van der Waals surface area contributed by atoms with Crippen molar-refractivity contribution in [1.29, 1.82) is 0 Å². The molecule has 1 saturated heterocycles. The summed E-state index contributed by atoms with van der Waals surface area (Å²) in [5, 5.41) is 0. The van der Waals surface area contributed by atoms with Crippen molar-refractivity contribution in [3.63, 3.8) is 0 Å². The number of rotatable bonds is 0. The van der Waals surface area contributed by atoms with Crippen LogP contribution in [0, 0.1) is 0 Å². The summed E-state index contributed by atoms with van der Waals surface area (Å²) in [6, 6.07) is -0.349. The Balaban J connectivity index is 0. The van der Waals surface area contributed by atoms with Crippen LogP contribution in [0.1, 0.15) is 15.3 Å². The van der Waals surface area contributed by atoms with Crippen LogP contribution in [0.4, 0.5) is 4.79 Å². The largest absolute Gasteiger partial charge is 0.378 e. The van der Waals surface area contributed by atoms with Gasteiger partial charge in [-0.3, -0.25) is 0 Å². The van der Waals surface area contributed by atoms with E-state index in [0.717, 1.165) is 0 Å². The summed E-state index contributed by atoms with van der Waals surface area (Å²) in [6.07, 6.45) is 0. The van der Waals surface area contributed by atoms with Crippen molar-refractivity contribution in [2.75, 3.05) is 26.3 Å². The highest BCUT2D eigenvalue weighted by molar-refractivity contribution is 5.71. The number of nitrogens with two attached hydrogens (primary N) is 1. The van der Waals surface area contributed by atoms with Crippen LogP contribution >= 0.6 is 0 Å². The van der Waals surface area contributed by atoms with Gasteiger partial charge in [-0.2, -0.15) is 0 Å². The number of ether oxygens (including phenoxy) is 1. The van der Waals surface area contributed by atoms with Gasteiger partial charge in [-0.25, -0.2) is 4.79 Å². The van der Waals surface area contributed by atoms with E-state index in [1.165, 1.54) is 0 Å². The van der Waals surface area contributed by atoms with Crippen LogP contribution in [-0.4, -0.2) is 37.2 Å². The lowest BCUT2D eigenvalue weighted by atomic mass is 10.4. The molecule has 1 aliphatic heterocycles. The Morgan fingerprint density at radius 1 is 1.45 bits per heavy atom. The predicted octanol–water partition coefficient (Wildman–Crippen LogP) is 0.669. The topological polar surface area (TPSA) is 55.6 Å². The van der Waals surface area contributed by atoms with E-state index in [1.54, 1.807) is 4.90 Å². The molecular weight excluding hydrogens is 144 g/mol. The standard InChI is InChI=1S/C5H10N2O2.C2H6.H2/c6-5(8)7-1-3-9-4-2-7;1-2;/h1-4H2,(H2,6,8);1-2H3;1H. The number of nitrogens with zero attached hydrogens (tertiary/aromatic N) is 1. The fraction of sp³-hybridized carbons (Fsp3) is 0.857. The van der Waals surface area contributed by atoms with Gasteiger partial charge in [-0.1, -0.05) is 13.8 Å². The molecule has 2 amide bonds. The first-order valence-electron chi connectivity index (χ1n) is 3.93. The summed E-state index contributed by atoms with van der Waals surface area (Å²) in [5.41, 5.74) is 5.00. The summed E-state index contributed by atoms with van der Waals surface area (Å²) in [5.74, 6) is 0. The fourth-order valence-electron chi connectivity index (χ4n) is 0.784. The summed E-state index contributed by atoms with van der Waals surface area (Å²) in [4.78, 5) is 12.0. The number of urea groups is 1. The average molecular weight is 162 g/mol. The van der Waals surface area contributed by atoms with Crippen molar-refractivity contribution in [3.05, 3.63) is 0 Å². The minimum Gasteiger partial charge on any atom is -0.378 e. The van der Waals surface area contributed by atoms with Crippen molar-refractivity contribution in [2.24, 2.45) is 5.73 Å². The minimum atomic E-state index is -0.349. The lowest BCUT2D eigenvalue weighted by molar-refractivity contribution is 0.0554. The molecule has 11 heavy (non-hydrogen) atoms. The van der Waals surface area contributed by atoms with Gasteiger partial charge in [0.1, 0.15) is 0 Å². The van der Waals surface area contributed by atoms with Gasteiger partial charge >= 0.3 is 6.03 Å². The van der Waals surface area contributed by atoms with E-state index in [2.05, 4.69) is 0 Å². The zero-order valence-electron chi connectivity index (χ0n) is 7.17. The molecule has 4 nitrogen and oxygen atoms in total. The number of carbonyl (C=O) groups excluding carboxylic acids is 1. The zero-order chi connectivity index (χ0) is 8.69. The average Bonchev–Trinajstić information content (AvgIpc) is 2.10. The number of carbonyl (C=O) groups is 1. The lowest BCUT2D eigenvalue weighted by Gasteiger charge is -2.24. The molecule has 68 valence electrons. The summed E-state index contributed by atoms with van der Waals surface area (Å²) >= 11 is 0. The molecule has 0 bridgehead atoms. The molecule has 0 aromatic rings. The Hall–Kier alpha value is -0.770. The second kappa shape index (κ2) is 5.97. The molecule has 0 radical (unpaired) electrons. The number of amides is 2. The number of hydrogen-bond donors (Lipinski definition) is 1. The van der Waals surface area contributed by atoms with E-state index in [0.29, 0.717) is 26.3 Å². The molecule has 0 saturated carbocycles. The van der Waals surface area contributed by atoms with Crippen LogP contribution < -0.4 is 5.73 Å². The van der Waals surface area contributed by atoms with E-state index in [4.69, 9.17) is 10.5 Å². The first-order valence-corrected chi connectivity index (χ1v) is 3.93. The fourth-order valence-corrected chi connectivity index (χ4v) is 0.784. The van der Waals surface area contributed by atoms with Crippen LogP contribution in [0.5, 0.6) is 0 Å². The van der Waals surface area contributed by atoms with Crippen molar-refractivity contribution < 1.29 is 11.0 Å². The molecule has 1 aliphatic rings. The Labute approximate surface area is 68.8 Å². The Morgan fingerprint density at radius 3 is 2.18 bits per heavy atom. The summed E-state index contributed by atoms with van der Waals surface area (Å²) in [6.45, 7) is 6.50. The number of hydrogen-bond acceptors (Lipinski definition) is 2. The van der Waals surface area contributed by atoms with Crippen molar-refractivity contribution in [3.8, 4) is 0 Å². The highest BCUT2D eigenvalue weighted by atomic mass is 16.5. The molecule has 0 unspecified atom stereocenters. The normalized spacial score (nSPS) is 16.7. The molecule has 0 aliphatic carbocycles. The van der Waals surface area contributed by atoms with Crippen LogP contribution in [0.2, 0.25) is 0 Å². The first-order chi connectivity index (χ1) is 5.30. The first kappa shape index (κ1) is 10.2. The maximum Gasteiger partial charge on any atom is 0.314 e. The van der Waals surface area contributed by atoms with Crippen molar-refractivity contribution >= 4 is 6.03 Å². The SMILES string of the molecule is CC.NC(=O)N1CCOCC1.[HH]. The summed E-state index contributed by atoms with van der Waals surface area (Å²) < 4.78 is 5.00. The van der Waals surface area contributed by atoms with Gasteiger partial charge < -0.3 is 15.4 Å². The second-order valence-corrected chi connectivity index (χ2v) is 1.94. The predicted molar refractivity (Wildman–Crippen MR) is 45.4 cm³/mol. The zero-order valence-corrected chi connectivity index (χ0v) is 7.17. The van der Waals surface area contributed by atoms with Crippen LogP contribution in [-0.2, 0) is 4.74 Å². The second-order valence-electron chi connectivity index (χ2n) is 1.94. The quantitative estimate of drug-likeness (QED) is 0.569. The minimum absolute atomic E-state index is 0. The lowest BCUT2D eigenvalue weighted by Crippen LogP contribution is -2.43. The monoisotopic (exact) mass is 162 g/mol. The number of primary amides is 1. The van der Waals surface area contributed by atoms with Crippen LogP contribution in [0.25, 0.3) is 0 Å². The molecule has 4 heteroatoms. The molecule has 1 heterocycles. The Kier molecular flexibility index (Phi) is 5.56. The smallest absolute Gasteiger partial charge is 0.314 e. The molecular formula is C7H18N2O2. The van der Waals surface area contributed by atoms with Crippen LogP contribution in [0.3, 0.4) is 0 Å². The highest BCUT2D eigenvalue weighted by Crippen LogP contribution is 1.94. The molecule has 1 fully saturated rings. The molecule has 0 aromatic heterocycles. The van der Waals surface area contributed by atoms with Gasteiger partial charge in [0.2, 0.25) is 0 Å². The molecule has 0 spiro atoms. The van der Waals surface area contributed by atoms with E-state index in [-0.39, 0.29) is 7.46 Å². The molecule has 0 atom stereocenters. The summed E-state index contributed by atoms with van der Waals surface area (Å²) in [7, 11) is 0. The van der Waals surface area contributed by atoms with Gasteiger partial charge in [0.15, 0.2) is 0 Å². The van der Waals surface area contributed by atoms with Gasteiger partial charge in [0, 0.05) is 14.5 Å². The highest BCUT2D eigenvalue weighted by Gasteiger charge is 2.12. The van der Waals surface area contributed by atoms with Gasteiger partial charge in [-0.05, 0) is 0 Å². The third-order valence-corrected chi connectivity index (χ3v) is 1.32. The number of morpholine rings is 1. The third kappa shape index (κ3) is 3.83. The van der Waals surface area contributed by atoms with E-state index in [1.807, 2.05) is 13.8 Å². The van der Waals surface area contributed by atoms with E-state index < -0.39 is 0 Å². The van der Waals surface area contributed by atoms with Gasteiger partial charge in [-0.15, -0.1) is 0 Å². The van der Waals surface area contributed by atoms with Gasteiger partial charge in [0.25, 0.3) is 0 Å². The molecule has 2 N–H and O–H groups in total. The molecule has 0 aromatic carbocycles. The Morgan fingerprint density at radius 2 is 1.91 bits per heavy atom. The Bertz CT molecular complexity index is 116. The molecule has 1 rings (SSSR count). The van der Waals surface area contributed by atoms with Gasteiger partial charge in [0.05, 0.1) is 13.2 Å². The maximum absolute atomic E-state index is 10.4. The third-order valence-electron chi connectivity index (χ3n) is 1.32.